The first-order valence-corrected chi connectivity index (χ1v) is 30.8. The zero-order valence-electron chi connectivity index (χ0n) is 50.3. The van der Waals surface area contributed by atoms with Crippen LogP contribution in [0.4, 0.5) is 0 Å². The summed E-state index contributed by atoms with van der Waals surface area (Å²) in [5.41, 5.74) is 11.4. The third kappa shape index (κ3) is 22.9. The van der Waals surface area contributed by atoms with E-state index in [4.69, 9.17) is 66.3 Å². The van der Waals surface area contributed by atoms with Crippen molar-refractivity contribution in [3.05, 3.63) is 116 Å². The molecule has 456 valence electrons. The van der Waals surface area contributed by atoms with E-state index in [1.165, 1.54) is 11.1 Å². The van der Waals surface area contributed by atoms with Gasteiger partial charge in [0.1, 0.15) is 23.0 Å². The maximum atomic E-state index is 6.96. The van der Waals surface area contributed by atoms with Crippen LogP contribution in [-0.4, -0.2) is 195 Å². The molecule has 2 fully saturated rings. The molecule has 3 aliphatic rings. The Balaban J connectivity index is 1.30. The minimum Gasteiger partial charge on any atom is -0.493 e. The molecule has 0 unspecified atom stereocenters. The van der Waals surface area contributed by atoms with Crippen molar-refractivity contribution in [3.8, 4) is 23.0 Å². The Labute approximate surface area is 490 Å². The first-order valence-electron chi connectivity index (χ1n) is 30.8. The molecular weight excluding hydrogens is 1040 g/mol. The highest BCUT2D eigenvalue weighted by molar-refractivity contribution is 5.57. The second-order valence-electron chi connectivity index (χ2n) is 21.1. The summed E-state index contributed by atoms with van der Waals surface area (Å²) >= 11 is 0. The third-order valence-electron chi connectivity index (χ3n) is 14.3. The smallest absolute Gasteiger partial charge is 0.126 e. The maximum absolute atomic E-state index is 6.96. The average molecular weight is 1140 g/mol. The SMILES string of the molecule is CCCOc1c2cccc1Cc1cc(CN3CCOCCOCCOCCOCCOCC3)cc(c1OCCC)Cc1cccc(c1OCCC)Cc1cc(CN3CCOCCOCCOCCOCCOCC3)cc(c1OCCC)C2. The van der Waals surface area contributed by atoms with E-state index in [1.54, 1.807) is 0 Å². The zero-order chi connectivity index (χ0) is 57.1. The van der Waals surface area contributed by atoms with E-state index < -0.39 is 0 Å². The van der Waals surface area contributed by atoms with Crippen LogP contribution in [0.15, 0.2) is 60.7 Å². The molecule has 7 rings (SSSR count). The van der Waals surface area contributed by atoms with E-state index >= 15 is 0 Å². The normalized spacial score (nSPS) is 18.5. The minimum absolute atomic E-state index is 0.516. The Morgan fingerprint density at radius 3 is 0.720 bits per heavy atom. The van der Waals surface area contributed by atoms with Crippen molar-refractivity contribution in [3.63, 3.8) is 0 Å². The second kappa shape index (κ2) is 39.3. The van der Waals surface area contributed by atoms with Gasteiger partial charge in [0, 0.05) is 65.0 Å². The van der Waals surface area contributed by atoms with Gasteiger partial charge in [-0.25, -0.2) is 0 Å². The number of para-hydroxylation sites is 2. The number of hydrogen-bond acceptors (Lipinski definition) is 16. The minimum atomic E-state index is 0.516. The van der Waals surface area contributed by atoms with Crippen molar-refractivity contribution >= 4 is 0 Å². The van der Waals surface area contributed by atoms with Gasteiger partial charge in [-0.15, -0.1) is 0 Å². The van der Waals surface area contributed by atoms with Crippen molar-refractivity contribution in [2.24, 2.45) is 0 Å². The highest BCUT2D eigenvalue weighted by Gasteiger charge is 2.25. The summed E-state index contributed by atoms with van der Waals surface area (Å²) in [5, 5.41) is 0. The maximum Gasteiger partial charge on any atom is 0.126 e. The molecule has 0 N–H and O–H groups in total. The summed E-state index contributed by atoms with van der Waals surface area (Å²) < 4.78 is 86.8. The van der Waals surface area contributed by atoms with Crippen LogP contribution < -0.4 is 18.9 Å². The van der Waals surface area contributed by atoms with Crippen LogP contribution in [-0.2, 0) is 86.1 Å². The monoisotopic (exact) mass is 1140 g/mol. The van der Waals surface area contributed by atoms with Gasteiger partial charge in [-0.2, -0.15) is 0 Å². The Morgan fingerprint density at radius 1 is 0.293 bits per heavy atom. The number of nitrogens with zero attached hydrogens (tertiary/aromatic N) is 2. The lowest BCUT2D eigenvalue weighted by Crippen LogP contribution is -2.31. The van der Waals surface area contributed by atoms with E-state index in [9.17, 15) is 0 Å². The number of hydrogen-bond donors (Lipinski definition) is 0. The van der Waals surface area contributed by atoms with Gasteiger partial charge in [-0.05, 0) is 81.3 Å². The molecule has 0 amide bonds. The third-order valence-corrected chi connectivity index (χ3v) is 14.3. The van der Waals surface area contributed by atoms with Crippen LogP contribution in [0.5, 0.6) is 23.0 Å². The molecule has 16 heteroatoms. The zero-order valence-corrected chi connectivity index (χ0v) is 50.3. The molecule has 2 saturated heterocycles. The Hall–Kier alpha value is -4.40. The fourth-order valence-electron chi connectivity index (χ4n) is 10.4. The second-order valence-corrected chi connectivity index (χ2v) is 21.1. The average Bonchev–Trinajstić information content (AvgIpc) is 3.52. The van der Waals surface area contributed by atoms with Crippen LogP contribution in [0.2, 0.25) is 0 Å². The molecular formula is C66H98N2O14. The van der Waals surface area contributed by atoms with E-state index in [2.05, 4.69) is 98.2 Å². The number of ether oxygens (including phenoxy) is 14. The van der Waals surface area contributed by atoms with Gasteiger partial charge >= 0.3 is 0 Å². The number of rotatable bonds is 16. The summed E-state index contributed by atoms with van der Waals surface area (Å²) in [4.78, 5) is 4.86. The van der Waals surface area contributed by atoms with Gasteiger partial charge in [0.2, 0.25) is 0 Å². The molecule has 0 aromatic heterocycles. The fourth-order valence-corrected chi connectivity index (χ4v) is 10.4. The molecule has 0 radical (unpaired) electrons. The quantitative estimate of drug-likeness (QED) is 0.0928. The van der Waals surface area contributed by atoms with Crippen molar-refractivity contribution in [2.45, 2.75) is 92.2 Å². The summed E-state index contributed by atoms with van der Waals surface area (Å²) in [6.45, 7) is 26.0. The summed E-state index contributed by atoms with van der Waals surface area (Å²) in [6, 6.07) is 22.8. The molecule has 4 aromatic carbocycles. The van der Waals surface area contributed by atoms with Gasteiger partial charge in [0.15, 0.2) is 0 Å². The van der Waals surface area contributed by atoms with Crippen molar-refractivity contribution < 1.29 is 66.3 Å². The van der Waals surface area contributed by atoms with E-state index in [0.29, 0.717) is 197 Å². The van der Waals surface area contributed by atoms with E-state index in [1.807, 2.05) is 0 Å². The lowest BCUT2D eigenvalue weighted by atomic mass is 9.89. The molecule has 0 atom stereocenters. The number of benzene rings is 4. The van der Waals surface area contributed by atoms with Crippen molar-refractivity contribution in [2.75, 3.05) is 185 Å². The lowest BCUT2D eigenvalue weighted by molar-refractivity contribution is -0.0189. The molecule has 2 heterocycles. The van der Waals surface area contributed by atoms with E-state index in [-0.39, 0.29) is 0 Å². The van der Waals surface area contributed by atoms with Gasteiger partial charge in [-0.1, -0.05) is 88.4 Å². The molecule has 0 spiro atoms. The van der Waals surface area contributed by atoms with Gasteiger partial charge < -0.3 is 66.3 Å². The summed E-state index contributed by atoms with van der Waals surface area (Å²) in [5.74, 6) is 3.69. The van der Waals surface area contributed by atoms with E-state index in [0.717, 1.165) is 119 Å². The standard InChI is InChI=1S/C66H98N2O14/c1-5-19-79-63-55-11-9-12-56(63)48-60-44-54(52-68-17-25-71-29-33-75-37-41-78-42-38-76-34-30-72-26-18-68)46-62(66(60)82-22-8-4)50-58-14-10-13-57(64(58)80-20-6-2)49-61-45-53(43-59(47-55)65(61)81-21-7-3)51-67-15-23-69-27-31-73-35-39-77-40-36-74-32-28-70-24-16-67/h9-14,43-46H,5-8,15-42,47-52H2,1-4H3. The van der Waals surface area contributed by atoms with Gasteiger partial charge in [0.25, 0.3) is 0 Å². The predicted molar refractivity (Wildman–Crippen MR) is 319 cm³/mol. The molecule has 82 heavy (non-hydrogen) atoms. The van der Waals surface area contributed by atoms with Gasteiger partial charge in [-0.3, -0.25) is 9.80 Å². The predicted octanol–water partition coefficient (Wildman–Crippen LogP) is 9.32. The highest BCUT2D eigenvalue weighted by Crippen LogP contribution is 2.40. The molecule has 1 aliphatic carbocycles. The largest absolute Gasteiger partial charge is 0.493 e. The number of fused-ring (bicyclic) bond motifs is 8. The topological polar surface area (TPSA) is 136 Å². The first kappa shape index (κ1) is 65.1. The fraction of sp³-hybridized carbons (Fsp3) is 0.636. The molecule has 16 nitrogen and oxygen atoms in total. The molecule has 4 aromatic rings. The molecule has 0 saturated carbocycles. The van der Waals surface area contributed by atoms with Crippen LogP contribution in [0.3, 0.4) is 0 Å². The van der Waals surface area contributed by atoms with Crippen molar-refractivity contribution in [1.29, 1.82) is 0 Å². The van der Waals surface area contributed by atoms with Crippen molar-refractivity contribution in [1.82, 2.24) is 9.80 Å². The van der Waals surface area contributed by atoms with Crippen LogP contribution in [0.25, 0.3) is 0 Å². The Bertz CT molecular complexity index is 2100. The highest BCUT2D eigenvalue weighted by atomic mass is 16.6. The molecule has 2 aliphatic heterocycles. The van der Waals surface area contributed by atoms with Crippen LogP contribution in [0.1, 0.15) is 109 Å². The molecule has 8 bridgehead atoms. The summed E-state index contributed by atoms with van der Waals surface area (Å²) in [6.07, 6.45) is 5.95. The lowest BCUT2D eigenvalue weighted by Gasteiger charge is -2.26. The van der Waals surface area contributed by atoms with Crippen LogP contribution >= 0.6 is 0 Å². The Kier molecular flexibility index (Phi) is 31.2. The summed E-state index contributed by atoms with van der Waals surface area (Å²) in [7, 11) is 0. The Morgan fingerprint density at radius 2 is 0.500 bits per heavy atom. The first-order chi connectivity index (χ1) is 40.6. The van der Waals surface area contributed by atoms with Crippen LogP contribution in [0, 0.1) is 0 Å². The van der Waals surface area contributed by atoms with Gasteiger partial charge in [0.05, 0.1) is 159 Å².